The van der Waals surface area contributed by atoms with Gasteiger partial charge in [-0.15, -0.1) is 0 Å². The number of carbonyl (C=O) groups excluding carboxylic acids is 3. The van der Waals surface area contributed by atoms with Gasteiger partial charge < -0.3 is 19.4 Å². The van der Waals surface area contributed by atoms with E-state index in [-0.39, 0.29) is 11.3 Å². The van der Waals surface area contributed by atoms with Crippen LogP contribution in [0.1, 0.15) is 32.1 Å². The third-order valence-corrected chi connectivity index (χ3v) is 4.90. The van der Waals surface area contributed by atoms with Gasteiger partial charge in [0, 0.05) is 28.2 Å². The molecule has 1 aromatic heterocycles. The molecule has 0 saturated heterocycles. The van der Waals surface area contributed by atoms with Crippen LogP contribution in [0.3, 0.4) is 0 Å². The SMILES string of the molecule is Cc1cc(C(=O)COC(=O)CNC(=O)c2cccc(F)c2)c(C)n1-c1ccc(OC(F)F)cc1. The second-order valence-electron chi connectivity index (χ2n) is 7.27. The van der Waals surface area contributed by atoms with Crippen LogP contribution in [0.15, 0.2) is 54.6 Å². The smallest absolute Gasteiger partial charge is 0.387 e. The van der Waals surface area contributed by atoms with E-state index in [1.165, 1.54) is 30.3 Å². The van der Waals surface area contributed by atoms with Gasteiger partial charge >= 0.3 is 12.6 Å². The number of hydrogen-bond donors (Lipinski definition) is 1. The van der Waals surface area contributed by atoms with Gasteiger partial charge in [0.25, 0.3) is 5.91 Å². The Balaban J connectivity index is 1.59. The van der Waals surface area contributed by atoms with Gasteiger partial charge in [0.1, 0.15) is 18.1 Å². The number of rotatable bonds is 9. The Morgan fingerprint density at radius 1 is 1.03 bits per heavy atom. The van der Waals surface area contributed by atoms with Gasteiger partial charge in [-0.1, -0.05) is 6.07 Å². The molecule has 0 bridgehead atoms. The minimum atomic E-state index is -2.93. The second kappa shape index (κ2) is 10.7. The fourth-order valence-corrected chi connectivity index (χ4v) is 3.38. The molecule has 0 saturated carbocycles. The summed E-state index contributed by atoms with van der Waals surface area (Å²) in [5.74, 6) is -2.52. The molecule has 0 aliphatic heterocycles. The van der Waals surface area contributed by atoms with E-state index in [2.05, 4.69) is 10.1 Å². The van der Waals surface area contributed by atoms with Gasteiger partial charge in [0.2, 0.25) is 5.78 Å². The van der Waals surface area contributed by atoms with Crippen molar-refractivity contribution in [2.24, 2.45) is 0 Å². The van der Waals surface area contributed by atoms with E-state index in [0.29, 0.717) is 22.6 Å². The summed E-state index contributed by atoms with van der Waals surface area (Å²) in [7, 11) is 0. The predicted octanol–water partition coefficient (Wildman–Crippen LogP) is 3.99. The number of alkyl halides is 2. The molecular formula is C24H21F3N2O5. The van der Waals surface area contributed by atoms with Gasteiger partial charge in [0.15, 0.2) is 6.61 Å². The van der Waals surface area contributed by atoms with Crippen LogP contribution in [0.5, 0.6) is 5.75 Å². The van der Waals surface area contributed by atoms with Crippen LogP contribution < -0.4 is 10.1 Å². The molecule has 3 aromatic rings. The molecule has 178 valence electrons. The lowest BCUT2D eigenvalue weighted by Gasteiger charge is -2.11. The third-order valence-electron chi connectivity index (χ3n) is 4.90. The first-order valence-electron chi connectivity index (χ1n) is 10.1. The molecule has 3 rings (SSSR count). The normalized spacial score (nSPS) is 10.8. The Morgan fingerprint density at radius 3 is 2.38 bits per heavy atom. The highest BCUT2D eigenvalue weighted by molar-refractivity contribution is 6.00. The molecule has 1 amide bonds. The van der Waals surface area contributed by atoms with Crippen molar-refractivity contribution in [2.45, 2.75) is 20.5 Å². The average molecular weight is 474 g/mol. The number of amides is 1. The number of ether oxygens (including phenoxy) is 2. The maximum absolute atomic E-state index is 13.2. The molecule has 34 heavy (non-hydrogen) atoms. The number of halogens is 3. The molecule has 7 nitrogen and oxygen atoms in total. The Hall–Kier alpha value is -4.08. The molecular weight excluding hydrogens is 453 g/mol. The number of nitrogens with one attached hydrogen (secondary N) is 1. The Bertz CT molecular complexity index is 1210. The molecule has 10 heteroatoms. The Morgan fingerprint density at radius 2 is 1.74 bits per heavy atom. The molecule has 0 aliphatic rings. The summed E-state index contributed by atoms with van der Waals surface area (Å²) in [5, 5.41) is 2.30. The van der Waals surface area contributed by atoms with Crippen molar-refractivity contribution in [3.05, 3.63) is 82.9 Å². The molecule has 1 heterocycles. The largest absolute Gasteiger partial charge is 0.456 e. The molecule has 0 aliphatic carbocycles. The fraction of sp³-hybridized carbons (Fsp3) is 0.208. The number of aromatic nitrogens is 1. The highest BCUT2D eigenvalue weighted by Gasteiger charge is 2.19. The van der Waals surface area contributed by atoms with Crippen molar-refractivity contribution < 1.29 is 37.0 Å². The van der Waals surface area contributed by atoms with E-state index in [0.717, 1.165) is 6.07 Å². The third kappa shape index (κ3) is 6.03. The summed E-state index contributed by atoms with van der Waals surface area (Å²) in [5.41, 5.74) is 2.28. The number of esters is 1. The lowest BCUT2D eigenvalue weighted by Crippen LogP contribution is -2.31. The number of nitrogens with zero attached hydrogens (tertiary/aromatic N) is 1. The minimum Gasteiger partial charge on any atom is -0.456 e. The van der Waals surface area contributed by atoms with Crippen LogP contribution in [0, 0.1) is 19.7 Å². The van der Waals surface area contributed by atoms with Crippen LogP contribution in [0.2, 0.25) is 0 Å². The predicted molar refractivity (Wildman–Crippen MR) is 116 cm³/mol. The number of Topliss-reactive ketones (excluding diaryl/α,β-unsaturated/α-hetero) is 1. The van der Waals surface area contributed by atoms with E-state index in [1.54, 1.807) is 36.6 Å². The van der Waals surface area contributed by atoms with Gasteiger partial charge in [-0.25, -0.2) is 4.39 Å². The zero-order valence-corrected chi connectivity index (χ0v) is 18.3. The first-order chi connectivity index (χ1) is 16.2. The zero-order chi connectivity index (χ0) is 24.8. The minimum absolute atomic E-state index is 0.00825. The summed E-state index contributed by atoms with van der Waals surface area (Å²) in [6.07, 6.45) is 0. The summed E-state index contributed by atoms with van der Waals surface area (Å²) in [6.45, 7) is -0.497. The standard InChI is InChI=1S/C24H21F3N2O5/c1-14-10-20(15(2)29(14)18-6-8-19(9-7-18)34-24(26)27)21(30)13-33-22(31)12-28-23(32)16-4-3-5-17(25)11-16/h3-11,24H,12-13H2,1-2H3,(H,28,32). The van der Waals surface area contributed by atoms with E-state index >= 15 is 0 Å². The van der Waals surface area contributed by atoms with Crippen LogP contribution in [-0.2, 0) is 9.53 Å². The molecule has 0 fully saturated rings. The quantitative estimate of drug-likeness (QED) is 0.374. The molecule has 2 aromatic carbocycles. The Labute approximate surface area is 193 Å². The van der Waals surface area contributed by atoms with E-state index in [9.17, 15) is 27.6 Å². The van der Waals surface area contributed by atoms with Crippen molar-refractivity contribution in [1.82, 2.24) is 9.88 Å². The summed E-state index contributed by atoms with van der Waals surface area (Å²) < 4.78 is 48.9. The topological polar surface area (TPSA) is 86.6 Å². The molecule has 0 spiro atoms. The first-order valence-corrected chi connectivity index (χ1v) is 10.1. The number of ketones is 1. The number of aryl methyl sites for hydroxylation is 1. The average Bonchev–Trinajstić information content (AvgIpc) is 3.10. The van der Waals surface area contributed by atoms with Crippen LogP contribution >= 0.6 is 0 Å². The van der Waals surface area contributed by atoms with E-state index in [1.807, 2.05) is 0 Å². The Kier molecular flexibility index (Phi) is 7.72. The van der Waals surface area contributed by atoms with Crippen molar-refractivity contribution >= 4 is 17.7 Å². The number of carbonyl (C=O) groups is 3. The van der Waals surface area contributed by atoms with Crippen molar-refractivity contribution in [3.63, 3.8) is 0 Å². The maximum Gasteiger partial charge on any atom is 0.387 e. The van der Waals surface area contributed by atoms with E-state index in [4.69, 9.17) is 4.74 Å². The monoisotopic (exact) mass is 474 g/mol. The van der Waals surface area contributed by atoms with Gasteiger partial charge in [-0.2, -0.15) is 8.78 Å². The fourth-order valence-electron chi connectivity index (χ4n) is 3.38. The highest BCUT2D eigenvalue weighted by Crippen LogP contribution is 2.24. The second-order valence-corrected chi connectivity index (χ2v) is 7.27. The molecule has 0 radical (unpaired) electrons. The molecule has 0 atom stereocenters. The molecule has 0 unspecified atom stereocenters. The van der Waals surface area contributed by atoms with Gasteiger partial charge in [-0.3, -0.25) is 14.4 Å². The first kappa shape index (κ1) is 24.6. The number of benzene rings is 2. The van der Waals surface area contributed by atoms with Crippen LogP contribution in [0.25, 0.3) is 5.69 Å². The highest BCUT2D eigenvalue weighted by atomic mass is 19.3. The number of hydrogen-bond acceptors (Lipinski definition) is 5. The van der Waals surface area contributed by atoms with Crippen molar-refractivity contribution in [3.8, 4) is 11.4 Å². The lowest BCUT2D eigenvalue weighted by atomic mass is 10.1. The zero-order valence-electron chi connectivity index (χ0n) is 18.3. The van der Waals surface area contributed by atoms with Crippen LogP contribution in [-0.4, -0.2) is 42.0 Å². The summed E-state index contributed by atoms with van der Waals surface area (Å²) in [4.78, 5) is 36.5. The lowest BCUT2D eigenvalue weighted by molar-refractivity contribution is -0.141. The maximum atomic E-state index is 13.2. The van der Waals surface area contributed by atoms with Crippen LogP contribution in [0.4, 0.5) is 13.2 Å². The van der Waals surface area contributed by atoms with Crippen molar-refractivity contribution in [1.29, 1.82) is 0 Å². The van der Waals surface area contributed by atoms with E-state index < -0.39 is 43.2 Å². The molecule has 1 N–H and O–H groups in total. The van der Waals surface area contributed by atoms with Gasteiger partial charge in [-0.05, 0) is 62.4 Å². The summed E-state index contributed by atoms with van der Waals surface area (Å²) >= 11 is 0. The van der Waals surface area contributed by atoms with Crippen molar-refractivity contribution in [2.75, 3.05) is 13.2 Å². The summed E-state index contributed by atoms with van der Waals surface area (Å²) in [6, 6.07) is 12.5. The van der Waals surface area contributed by atoms with Gasteiger partial charge in [0.05, 0.1) is 0 Å².